The summed E-state index contributed by atoms with van der Waals surface area (Å²) in [4.78, 5) is 13.7. The van der Waals surface area contributed by atoms with Crippen LogP contribution in [0, 0.1) is 11.7 Å². The van der Waals surface area contributed by atoms with Gasteiger partial charge in [0.05, 0.1) is 13.1 Å². The number of halogens is 1. The number of amides is 1. The summed E-state index contributed by atoms with van der Waals surface area (Å²) >= 11 is 0. The average molecular weight is 292 g/mol. The number of piperidine rings is 1. The highest BCUT2D eigenvalue weighted by Crippen LogP contribution is 2.35. The molecule has 114 valence electrons. The number of nitrogens with zero attached hydrogens (tertiary/aromatic N) is 1. The van der Waals surface area contributed by atoms with Gasteiger partial charge in [-0.25, -0.2) is 9.18 Å². The summed E-state index contributed by atoms with van der Waals surface area (Å²) in [6, 6.07) is 6.57. The number of carbonyl (C=O) groups excluding carboxylic acids is 1. The molecule has 2 fully saturated rings. The predicted molar refractivity (Wildman–Crippen MR) is 77.3 cm³/mol. The van der Waals surface area contributed by atoms with Crippen molar-refractivity contribution in [2.45, 2.75) is 31.9 Å². The van der Waals surface area contributed by atoms with E-state index in [0.717, 1.165) is 25.9 Å². The second-order valence-corrected chi connectivity index (χ2v) is 6.15. The fraction of sp³-hybridized carbons (Fsp3) is 0.562. The molecule has 0 radical (unpaired) electrons. The summed E-state index contributed by atoms with van der Waals surface area (Å²) < 4.78 is 19.4. The molecule has 21 heavy (non-hydrogen) atoms. The van der Waals surface area contributed by atoms with Crippen LogP contribution in [0.2, 0.25) is 0 Å². The lowest BCUT2D eigenvalue weighted by atomic mass is 9.82. The summed E-state index contributed by atoms with van der Waals surface area (Å²) in [5.74, 6) is 0.0917. The lowest BCUT2D eigenvalue weighted by molar-refractivity contribution is 0.00943. The van der Waals surface area contributed by atoms with Crippen LogP contribution < -0.4 is 5.32 Å². The molecular weight excluding hydrogens is 271 g/mol. The minimum absolute atomic E-state index is 0.270. The fourth-order valence-electron chi connectivity index (χ4n) is 3.34. The molecule has 2 aliphatic heterocycles. The van der Waals surface area contributed by atoms with Crippen molar-refractivity contribution >= 4 is 6.09 Å². The maximum absolute atomic E-state index is 13.7. The van der Waals surface area contributed by atoms with Gasteiger partial charge in [-0.2, -0.15) is 0 Å². The van der Waals surface area contributed by atoms with E-state index in [4.69, 9.17) is 4.74 Å². The van der Waals surface area contributed by atoms with Gasteiger partial charge in [0.1, 0.15) is 11.4 Å². The maximum atomic E-state index is 13.7. The topological polar surface area (TPSA) is 41.6 Å². The van der Waals surface area contributed by atoms with Crippen LogP contribution in [0.3, 0.4) is 0 Å². The molecule has 0 aliphatic carbocycles. The molecule has 1 unspecified atom stereocenters. The Morgan fingerprint density at radius 1 is 1.38 bits per heavy atom. The van der Waals surface area contributed by atoms with Crippen molar-refractivity contribution in [3.05, 3.63) is 35.6 Å². The number of hydrogen-bond acceptors (Lipinski definition) is 3. The Morgan fingerprint density at radius 3 is 2.81 bits per heavy atom. The number of benzene rings is 1. The Balaban J connectivity index is 1.71. The SMILES string of the molecule is CC1(C2CCNCC2)CN(Cc2ccccc2F)C(=O)O1. The number of ether oxygens (including phenoxy) is 1. The van der Waals surface area contributed by atoms with Crippen LogP contribution in [0.15, 0.2) is 24.3 Å². The van der Waals surface area contributed by atoms with E-state index >= 15 is 0 Å². The van der Waals surface area contributed by atoms with E-state index in [2.05, 4.69) is 5.32 Å². The second-order valence-electron chi connectivity index (χ2n) is 6.15. The van der Waals surface area contributed by atoms with Crippen LogP contribution in [-0.4, -0.2) is 36.2 Å². The molecule has 1 atom stereocenters. The van der Waals surface area contributed by atoms with Gasteiger partial charge >= 0.3 is 6.09 Å². The van der Waals surface area contributed by atoms with E-state index in [-0.39, 0.29) is 18.5 Å². The second kappa shape index (κ2) is 5.64. The molecule has 1 aromatic rings. The Hall–Kier alpha value is -1.62. The molecular formula is C16H21FN2O2. The smallest absolute Gasteiger partial charge is 0.410 e. The van der Waals surface area contributed by atoms with Crippen molar-refractivity contribution in [1.82, 2.24) is 10.2 Å². The molecule has 0 spiro atoms. The highest BCUT2D eigenvalue weighted by molar-refractivity contribution is 5.70. The monoisotopic (exact) mass is 292 g/mol. The zero-order valence-corrected chi connectivity index (χ0v) is 12.3. The third-order valence-corrected chi connectivity index (χ3v) is 4.61. The number of nitrogens with one attached hydrogen (secondary N) is 1. The van der Waals surface area contributed by atoms with Gasteiger partial charge in [-0.1, -0.05) is 18.2 Å². The molecule has 0 saturated carbocycles. The van der Waals surface area contributed by atoms with Crippen molar-refractivity contribution in [1.29, 1.82) is 0 Å². The lowest BCUT2D eigenvalue weighted by Crippen LogP contribution is -2.44. The Bertz CT molecular complexity index is 531. The minimum Gasteiger partial charge on any atom is -0.441 e. The van der Waals surface area contributed by atoms with Crippen LogP contribution in [0.5, 0.6) is 0 Å². The minimum atomic E-state index is -0.454. The first kappa shape index (κ1) is 14.3. The largest absolute Gasteiger partial charge is 0.441 e. The number of cyclic esters (lactones) is 1. The fourth-order valence-corrected chi connectivity index (χ4v) is 3.34. The third-order valence-electron chi connectivity index (χ3n) is 4.61. The molecule has 2 aliphatic rings. The first-order chi connectivity index (χ1) is 10.1. The van der Waals surface area contributed by atoms with Gasteiger partial charge in [0.15, 0.2) is 0 Å². The average Bonchev–Trinajstić information content (AvgIpc) is 2.78. The summed E-state index contributed by atoms with van der Waals surface area (Å²) in [5.41, 5.74) is 0.0776. The number of carbonyl (C=O) groups is 1. The van der Waals surface area contributed by atoms with Crippen LogP contribution >= 0.6 is 0 Å². The van der Waals surface area contributed by atoms with Crippen molar-refractivity contribution in [2.24, 2.45) is 5.92 Å². The van der Waals surface area contributed by atoms with E-state index in [1.807, 2.05) is 6.92 Å². The Kier molecular flexibility index (Phi) is 3.85. The summed E-state index contributed by atoms with van der Waals surface area (Å²) in [6.45, 7) is 4.73. The molecule has 2 saturated heterocycles. The lowest BCUT2D eigenvalue weighted by Gasteiger charge is -2.34. The molecule has 1 aromatic carbocycles. The highest BCUT2D eigenvalue weighted by atomic mass is 19.1. The van der Waals surface area contributed by atoms with Gasteiger partial charge in [0.2, 0.25) is 0 Å². The van der Waals surface area contributed by atoms with Gasteiger partial charge in [-0.15, -0.1) is 0 Å². The third kappa shape index (κ3) is 2.88. The van der Waals surface area contributed by atoms with Crippen molar-refractivity contribution < 1.29 is 13.9 Å². The Labute approximate surface area is 124 Å². The summed E-state index contributed by atoms with van der Waals surface area (Å²) in [6.07, 6.45) is 1.69. The van der Waals surface area contributed by atoms with Gasteiger partial charge in [0, 0.05) is 11.5 Å². The molecule has 1 N–H and O–H groups in total. The van der Waals surface area contributed by atoms with E-state index in [1.54, 1.807) is 23.1 Å². The number of rotatable bonds is 3. The highest BCUT2D eigenvalue weighted by Gasteiger charge is 2.47. The predicted octanol–water partition coefficient (Wildman–Crippen LogP) is 2.54. The molecule has 2 heterocycles. The van der Waals surface area contributed by atoms with E-state index < -0.39 is 5.60 Å². The van der Waals surface area contributed by atoms with Crippen LogP contribution in [0.4, 0.5) is 9.18 Å². The molecule has 5 heteroatoms. The van der Waals surface area contributed by atoms with Crippen LogP contribution in [0.25, 0.3) is 0 Å². The van der Waals surface area contributed by atoms with Crippen LogP contribution in [0.1, 0.15) is 25.3 Å². The zero-order chi connectivity index (χ0) is 14.9. The standard InChI is InChI=1S/C16H21FN2O2/c1-16(13-6-8-18-9-7-13)11-19(15(20)21-16)10-12-4-2-3-5-14(12)17/h2-5,13,18H,6-11H2,1H3. The van der Waals surface area contributed by atoms with Gasteiger partial charge in [0.25, 0.3) is 0 Å². The van der Waals surface area contributed by atoms with Gasteiger partial charge in [-0.3, -0.25) is 4.90 Å². The molecule has 1 amide bonds. The first-order valence-electron chi connectivity index (χ1n) is 7.50. The van der Waals surface area contributed by atoms with E-state index in [1.165, 1.54) is 6.07 Å². The van der Waals surface area contributed by atoms with Crippen molar-refractivity contribution in [3.8, 4) is 0 Å². The van der Waals surface area contributed by atoms with Crippen LogP contribution in [-0.2, 0) is 11.3 Å². The molecule has 0 aromatic heterocycles. The zero-order valence-electron chi connectivity index (χ0n) is 12.3. The Morgan fingerprint density at radius 2 is 2.10 bits per heavy atom. The van der Waals surface area contributed by atoms with E-state index in [0.29, 0.717) is 18.0 Å². The summed E-state index contributed by atoms with van der Waals surface area (Å²) in [7, 11) is 0. The first-order valence-corrected chi connectivity index (χ1v) is 7.50. The van der Waals surface area contributed by atoms with E-state index in [9.17, 15) is 9.18 Å². The van der Waals surface area contributed by atoms with Crippen molar-refractivity contribution in [2.75, 3.05) is 19.6 Å². The maximum Gasteiger partial charge on any atom is 0.410 e. The van der Waals surface area contributed by atoms with Gasteiger partial charge < -0.3 is 10.1 Å². The molecule has 3 rings (SSSR count). The normalized spacial score (nSPS) is 27.0. The molecule has 0 bridgehead atoms. The van der Waals surface area contributed by atoms with Gasteiger partial charge in [-0.05, 0) is 38.9 Å². The number of hydrogen-bond donors (Lipinski definition) is 1. The quantitative estimate of drug-likeness (QED) is 0.931. The van der Waals surface area contributed by atoms with Crippen molar-refractivity contribution in [3.63, 3.8) is 0 Å². The molecule has 4 nitrogen and oxygen atoms in total. The summed E-state index contributed by atoms with van der Waals surface area (Å²) in [5, 5.41) is 3.32.